The first-order valence-electron chi connectivity index (χ1n) is 10.1. The maximum Gasteiger partial charge on any atom is 0.227 e. The highest BCUT2D eigenvalue weighted by molar-refractivity contribution is 5.94. The normalized spacial score (nSPS) is 18.6. The van der Waals surface area contributed by atoms with Crippen molar-refractivity contribution in [1.29, 1.82) is 0 Å². The van der Waals surface area contributed by atoms with Crippen molar-refractivity contribution in [3.05, 3.63) is 59.2 Å². The molecule has 0 bridgehead atoms. The van der Waals surface area contributed by atoms with Crippen LogP contribution in [0.3, 0.4) is 0 Å². The summed E-state index contributed by atoms with van der Waals surface area (Å²) < 4.78 is 6.03. The number of carbonyl (C=O) groups is 1. The van der Waals surface area contributed by atoms with Crippen molar-refractivity contribution in [2.45, 2.75) is 51.0 Å². The molecule has 0 fully saturated rings. The fourth-order valence-corrected chi connectivity index (χ4v) is 4.32. The number of nitrogens with two attached hydrogens (primary N) is 1. The molecule has 142 valence electrons. The van der Waals surface area contributed by atoms with Gasteiger partial charge >= 0.3 is 0 Å². The molecular formula is C23H28N2O2. The highest BCUT2D eigenvalue weighted by Crippen LogP contribution is 2.34. The summed E-state index contributed by atoms with van der Waals surface area (Å²) in [6, 6.07) is 14.5. The van der Waals surface area contributed by atoms with Gasteiger partial charge in [0, 0.05) is 24.7 Å². The molecule has 2 aromatic carbocycles. The third-order valence-electron chi connectivity index (χ3n) is 5.71. The van der Waals surface area contributed by atoms with Gasteiger partial charge in [0.05, 0.1) is 6.61 Å². The zero-order chi connectivity index (χ0) is 18.6. The molecule has 4 rings (SSSR count). The van der Waals surface area contributed by atoms with Gasteiger partial charge in [0.1, 0.15) is 5.75 Å². The second kappa shape index (κ2) is 8.13. The monoisotopic (exact) mass is 364 g/mol. The molecule has 2 aromatic rings. The molecule has 2 N–H and O–H groups in total. The van der Waals surface area contributed by atoms with Crippen LogP contribution in [0.15, 0.2) is 42.5 Å². The Morgan fingerprint density at radius 2 is 2.00 bits per heavy atom. The molecular weight excluding hydrogens is 336 g/mol. The Labute approximate surface area is 161 Å². The van der Waals surface area contributed by atoms with Crippen LogP contribution in [-0.2, 0) is 17.6 Å². The number of rotatable bonds is 5. The lowest BCUT2D eigenvalue weighted by molar-refractivity contribution is -0.118. The minimum Gasteiger partial charge on any atom is -0.493 e. The van der Waals surface area contributed by atoms with Crippen LogP contribution in [0.2, 0.25) is 0 Å². The molecule has 0 saturated heterocycles. The maximum absolute atomic E-state index is 12.7. The second-order valence-corrected chi connectivity index (χ2v) is 7.55. The zero-order valence-corrected chi connectivity index (χ0v) is 15.8. The van der Waals surface area contributed by atoms with Crippen LogP contribution in [0, 0.1) is 0 Å². The third-order valence-corrected chi connectivity index (χ3v) is 5.71. The van der Waals surface area contributed by atoms with Gasteiger partial charge in [-0.2, -0.15) is 0 Å². The zero-order valence-electron chi connectivity index (χ0n) is 15.8. The van der Waals surface area contributed by atoms with E-state index >= 15 is 0 Å². The smallest absolute Gasteiger partial charge is 0.227 e. The van der Waals surface area contributed by atoms with E-state index in [4.69, 9.17) is 10.5 Å². The van der Waals surface area contributed by atoms with Gasteiger partial charge in [0.2, 0.25) is 5.91 Å². The van der Waals surface area contributed by atoms with Gasteiger partial charge in [-0.05, 0) is 67.3 Å². The molecule has 0 saturated carbocycles. The summed E-state index contributed by atoms with van der Waals surface area (Å²) >= 11 is 0. The molecule has 2 aliphatic rings. The van der Waals surface area contributed by atoms with Crippen LogP contribution in [0.4, 0.5) is 5.69 Å². The summed E-state index contributed by atoms with van der Waals surface area (Å²) in [6.45, 7) is 1.38. The summed E-state index contributed by atoms with van der Waals surface area (Å²) in [4.78, 5) is 14.6. The highest BCUT2D eigenvalue weighted by atomic mass is 16.5. The van der Waals surface area contributed by atoms with Crippen molar-refractivity contribution in [2.24, 2.45) is 5.73 Å². The number of hydrogen-bond donors (Lipinski definition) is 1. The summed E-state index contributed by atoms with van der Waals surface area (Å²) in [5, 5.41) is 0. The Hall–Kier alpha value is -2.33. The Morgan fingerprint density at radius 3 is 2.93 bits per heavy atom. The van der Waals surface area contributed by atoms with E-state index in [0.717, 1.165) is 56.5 Å². The lowest BCUT2D eigenvalue weighted by Gasteiger charge is -2.29. The van der Waals surface area contributed by atoms with E-state index in [1.807, 2.05) is 29.2 Å². The van der Waals surface area contributed by atoms with Crippen molar-refractivity contribution in [2.75, 3.05) is 18.1 Å². The standard InChI is InChI=1S/C23H28N2O2/c24-20-11-3-10-19-18(20)9-4-13-22(19)27-16-6-14-23(26)25-15-5-8-17-7-1-2-12-21(17)25/h1-2,4,7,9,12-13,20H,3,5-6,8,10-11,14-16,24H2. The molecule has 0 aromatic heterocycles. The molecule has 1 aliphatic carbocycles. The van der Waals surface area contributed by atoms with E-state index in [0.29, 0.717) is 13.0 Å². The molecule has 4 heteroatoms. The van der Waals surface area contributed by atoms with Gasteiger partial charge in [0.25, 0.3) is 0 Å². The summed E-state index contributed by atoms with van der Waals surface area (Å²) in [7, 11) is 0. The molecule has 27 heavy (non-hydrogen) atoms. The summed E-state index contributed by atoms with van der Waals surface area (Å²) in [5.41, 5.74) is 11.1. The van der Waals surface area contributed by atoms with Gasteiger partial charge in [-0.15, -0.1) is 0 Å². The number of benzene rings is 2. The number of hydrogen-bond acceptors (Lipinski definition) is 3. The van der Waals surface area contributed by atoms with Crippen LogP contribution in [0.25, 0.3) is 0 Å². The predicted octanol–water partition coefficient (Wildman–Crippen LogP) is 4.16. The molecule has 0 radical (unpaired) electrons. The van der Waals surface area contributed by atoms with E-state index in [2.05, 4.69) is 18.2 Å². The first kappa shape index (κ1) is 18.1. The minimum atomic E-state index is 0.123. The number of nitrogens with zero attached hydrogens (tertiary/aromatic N) is 1. The van der Waals surface area contributed by atoms with E-state index < -0.39 is 0 Å². The third kappa shape index (κ3) is 3.86. The predicted molar refractivity (Wildman–Crippen MR) is 108 cm³/mol. The first-order valence-corrected chi connectivity index (χ1v) is 10.1. The van der Waals surface area contributed by atoms with Crippen molar-refractivity contribution >= 4 is 11.6 Å². The summed E-state index contributed by atoms with van der Waals surface area (Å²) in [5.74, 6) is 1.14. The number of anilines is 1. The molecule has 1 unspecified atom stereocenters. The van der Waals surface area contributed by atoms with Crippen molar-refractivity contribution in [3.63, 3.8) is 0 Å². The fraction of sp³-hybridized carbons (Fsp3) is 0.435. The Bertz CT molecular complexity index is 818. The second-order valence-electron chi connectivity index (χ2n) is 7.55. The quantitative estimate of drug-likeness (QED) is 0.811. The van der Waals surface area contributed by atoms with Gasteiger partial charge in [-0.25, -0.2) is 0 Å². The van der Waals surface area contributed by atoms with Gasteiger partial charge in [-0.3, -0.25) is 4.79 Å². The molecule has 1 heterocycles. The van der Waals surface area contributed by atoms with Gasteiger partial charge in [0.15, 0.2) is 0 Å². The Balaban J connectivity index is 1.33. The largest absolute Gasteiger partial charge is 0.493 e. The molecule has 1 aliphatic heterocycles. The minimum absolute atomic E-state index is 0.123. The topological polar surface area (TPSA) is 55.6 Å². The van der Waals surface area contributed by atoms with Crippen LogP contribution < -0.4 is 15.4 Å². The molecule has 0 spiro atoms. The van der Waals surface area contributed by atoms with Crippen LogP contribution in [-0.4, -0.2) is 19.1 Å². The van der Waals surface area contributed by atoms with Crippen LogP contribution in [0.1, 0.15) is 54.8 Å². The molecule has 1 amide bonds. The van der Waals surface area contributed by atoms with E-state index in [1.165, 1.54) is 16.7 Å². The number of aryl methyl sites for hydroxylation is 1. The van der Waals surface area contributed by atoms with Crippen molar-refractivity contribution < 1.29 is 9.53 Å². The van der Waals surface area contributed by atoms with Crippen molar-refractivity contribution in [1.82, 2.24) is 0 Å². The maximum atomic E-state index is 12.7. The van der Waals surface area contributed by atoms with E-state index in [-0.39, 0.29) is 11.9 Å². The summed E-state index contributed by atoms with van der Waals surface area (Å²) in [6.07, 6.45) is 6.53. The number of para-hydroxylation sites is 1. The van der Waals surface area contributed by atoms with Crippen LogP contribution in [0.5, 0.6) is 5.75 Å². The lowest BCUT2D eigenvalue weighted by Crippen LogP contribution is -2.35. The molecule has 1 atom stereocenters. The van der Waals surface area contributed by atoms with E-state index in [1.54, 1.807) is 0 Å². The lowest BCUT2D eigenvalue weighted by atomic mass is 9.87. The SMILES string of the molecule is NC1CCCc2c(OCCCC(=O)N3CCCc4ccccc43)cccc21. The van der Waals surface area contributed by atoms with Gasteiger partial charge < -0.3 is 15.4 Å². The van der Waals surface area contributed by atoms with Gasteiger partial charge in [-0.1, -0.05) is 30.3 Å². The Kier molecular flexibility index (Phi) is 5.44. The number of carbonyl (C=O) groups excluding carboxylic acids is 1. The molecule has 4 nitrogen and oxygen atoms in total. The highest BCUT2D eigenvalue weighted by Gasteiger charge is 2.22. The average Bonchev–Trinajstić information content (AvgIpc) is 2.71. The fourth-order valence-electron chi connectivity index (χ4n) is 4.32. The number of ether oxygens (including phenoxy) is 1. The first-order chi connectivity index (χ1) is 13.2. The number of amides is 1. The average molecular weight is 364 g/mol. The Morgan fingerprint density at radius 1 is 1.11 bits per heavy atom. The van der Waals surface area contributed by atoms with Crippen LogP contribution >= 0.6 is 0 Å². The van der Waals surface area contributed by atoms with Crippen molar-refractivity contribution in [3.8, 4) is 5.75 Å². The van der Waals surface area contributed by atoms with E-state index in [9.17, 15) is 4.79 Å². The number of fused-ring (bicyclic) bond motifs is 2.